The highest BCUT2D eigenvalue weighted by Crippen LogP contribution is 2.20. The summed E-state index contributed by atoms with van der Waals surface area (Å²) in [5, 5.41) is 3.65. The molecule has 0 saturated carbocycles. The van der Waals surface area contributed by atoms with Gasteiger partial charge in [0.2, 0.25) is 0 Å². The molecule has 0 fully saturated rings. The lowest BCUT2D eigenvalue weighted by Gasteiger charge is -2.21. The third-order valence-electron chi connectivity index (χ3n) is 2.91. The van der Waals surface area contributed by atoms with Crippen LogP contribution in [0, 0.1) is 5.82 Å². The second-order valence-electron chi connectivity index (χ2n) is 4.08. The van der Waals surface area contributed by atoms with Gasteiger partial charge in [0.1, 0.15) is 5.82 Å². The molecule has 0 bridgehead atoms. The Morgan fingerprint density at radius 3 is 2.44 bits per heavy atom. The zero-order valence-corrected chi connectivity index (χ0v) is 10.8. The van der Waals surface area contributed by atoms with Gasteiger partial charge in [-0.25, -0.2) is 4.39 Å². The van der Waals surface area contributed by atoms with E-state index in [1.165, 1.54) is 6.07 Å². The predicted molar refractivity (Wildman–Crippen MR) is 67.3 cm³/mol. The van der Waals surface area contributed by atoms with E-state index in [2.05, 4.69) is 19.2 Å². The molecule has 1 unspecified atom stereocenters. The van der Waals surface area contributed by atoms with Gasteiger partial charge in [-0.05, 0) is 37.5 Å². The van der Waals surface area contributed by atoms with Gasteiger partial charge in [-0.15, -0.1) is 0 Å². The molecular formula is C13H19ClFN. The van der Waals surface area contributed by atoms with Crippen LogP contribution < -0.4 is 5.32 Å². The van der Waals surface area contributed by atoms with Gasteiger partial charge in [-0.1, -0.05) is 31.5 Å². The number of hydrogen-bond acceptors (Lipinski definition) is 1. The summed E-state index contributed by atoms with van der Waals surface area (Å²) in [6.45, 7) is 6.34. The van der Waals surface area contributed by atoms with Crippen molar-refractivity contribution in [3.63, 3.8) is 0 Å². The standard InChI is InChI=1S/C13H19ClFN/c1-4-11(5-2)16-9(3)10-6-7-12(14)13(15)8-10/h6-9,11,16H,4-5H2,1-3H3. The fourth-order valence-corrected chi connectivity index (χ4v) is 1.87. The first-order valence-corrected chi connectivity index (χ1v) is 6.17. The summed E-state index contributed by atoms with van der Waals surface area (Å²) in [5.74, 6) is -0.350. The lowest BCUT2D eigenvalue weighted by atomic mass is 10.1. The minimum Gasteiger partial charge on any atom is -0.307 e. The maximum atomic E-state index is 13.3. The molecule has 0 aromatic heterocycles. The molecular weight excluding hydrogens is 225 g/mol. The Morgan fingerprint density at radius 2 is 1.94 bits per heavy atom. The van der Waals surface area contributed by atoms with Crippen LogP contribution in [-0.4, -0.2) is 6.04 Å². The average Bonchev–Trinajstić information content (AvgIpc) is 2.29. The maximum Gasteiger partial charge on any atom is 0.142 e. The molecule has 1 aromatic carbocycles. The highest BCUT2D eigenvalue weighted by molar-refractivity contribution is 6.30. The zero-order chi connectivity index (χ0) is 12.1. The van der Waals surface area contributed by atoms with Crippen LogP contribution in [-0.2, 0) is 0 Å². The van der Waals surface area contributed by atoms with Crippen LogP contribution >= 0.6 is 11.6 Å². The van der Waals surface area contributed by atoms with E-state index in [1.807, 2.05) is 13.0 Å². The van der Waals surface area contributed by atoms with Crippen molar-refractivity contribution in [3.05, 3.63) is 34.6 Å². The maximum absolute atomic E-state index is 13.3. The molecule has 16 heavy (non-hydrogen) atoms. The summed E-state index contributed by atoms with van der Waals surface area (Å²) >= 11 is 5.65. The molecule has 0 heterocycles. The number of benzene rings is 1. The van der Waals surface area contributed by atoms with Gasteiger partial charge in [0.25, 0.3) is 0 Å². The summed E-state index contributed by atoms with van der Waals surface area (Å²) in [6.07, 6.45) is 2.16. The second-order valence-corrected chi connectivity index (χ2v) is 4.48. The molecule has 90 valence electrons. The van der Waals surface area contributed by atoms with Crippen molar-refractivity contribution in [3.8, 4) is 0 Å². The lowest BCUT2D eigenvalue weighted by Crippen LogP contribution is -2.30. The topological polar surface area (TPSA) is 12.0 Å². The van der Waals surface area contributed by atoms with Gasteiger partial charge in [-0.3, -0.25) is 0 Å². The number of nitrogens with one attached hydrogen (secondary N) is 1. The number of hydrogen-bond donors (Lipinski definition) is 1. The van der Waals surface area contributed by atoms with Gasteiger partial charge in [-0.2, -0.15) is 0 Å². The Labute approximate surface area is 102 Å². The smallest absolute Gasteiger partial charge is 0.142 e. The zero-order valence-electron chi connectivity index (χ0n) is 10.1. The van der Waals surface area contributed by atoms with E-state index >= 15 is 0 Å². The molecule has 0 spiro atoms. The first-order valence-electron chi connectivity index (χ1n) is 5.79. The minimum atomic E-state index is -0.350. The predicted octanol–water partition coefficient (Wildman–Crippen LogP) is 4.32. The van der Waals surface area contributed by atoms with E-state index in [9.17, 15) is 4.39 Å². The summed E-state index contributed by atoms with van der Waals surface area (Å²) in [5.41, 5.74) is 0.939. The number of halogens is 2. The normalized spacial score (nSPS) is 13.1. The molecule has 0 aliphatic carbocycles. The first kappa shape index (κ1) is 13.5. The van der Waals surface area contributed by atoms with Crippen molar-refractivity contribution in [2.45, 2.75) is 45.7 Å². The molecule has 0 amide bonds. The minimum absolute atomic E-state index is 0.150. The fraction of sp³-hybridized carbons (Fsp3) is 0.538. The van der Waals surface area contributed by atoms with Gasteiger partial charge in [0.15, 0.2) is 0 Å². The summed E-state index contributed by atoms with van der Waals surface area (Å²) < 4.78 is 13.3. The fourth-order valence-electron chi connectivity index (χ4n) is 1.76. The Morgan fingerprint density at radius 1 is 1.31 bits per heavy atom. The Hall–Kier alpha value is -0.600. The number of rotatable bonds is 5. The molecule has 1 atom stereocenters. The van der Waals surface area contributed by atoms with Gasteiger partial charge >= 0.3 is 0 Å². The van der Waals surface area contributed by atoms with Gasteiger partial charge < -0.3 is 5.32 Å². The molecule has 1 N–H and O–H groups in total. The molecule has 1 rings (SSSR count). The average molecular weight is 244 g/mol. The summed E-state index contributed by atoms with van der Waals surface area (Å²) in [4.78, 5) is 0. The molecule has 0 aliphatic heterocycles. The Bertz CT molecular complexity index is 337. The van der Waals surface area contributed by atoms with Gasteiger partial charge in [0.05, 0.1) is 5.02 Å². The molecule has 3 heteroatoms. The van der Waals surface area contributed by atoms with Crippen LogP contribution in [0.4, 0.5) is 4.39 Å². The van der Waals surface area contributed by atoms with E-state index < -0.39 is 0 Å². The van der Waals surface area contributed by atoms with E-state index in [0.717, 1.165) is 18.4 Å². The van der Waals surface area contributed by atoms with E-state index in [0.29, 0.717) is 6.04 Å². The van der Waals surface area contributed by atoms with E-state index in [-0.39, 0.29) is 16.9 Å². The van der Waals surface area contributed by atoms with Crippen LogP contribution in [0.1, 0.15) is 45.2 Å². The molecule has 0 radical (unpaired) electrons. The molecule has 0 saturated heterocycles. The lowest BCUT2D eigenvalue weighted by molar-refractivity contribution is 0.431. The highest BCUT2D eigenvalue weighted by Gasteiger charge is 2.11. The van der Waals surface area contributed by atoms with Crippen LogP contribution in [0.5, 0.6) is 0 Å². The van der Waals surface area contributed by atoms with Crippen molar-refractivity contribution in [2.75, 3.05) is 0 Å². The molecule has 1 nitrogen and oxygen atoms in total. The van der Waals surface area contributed by atoms with Crippen molar-refractivity contribution in [1.82, 2.24) is 5.32 Å². The van der Waals surface area contributed by atoms with Crippen molar-refractivity contribution in [2.24, 2.45) is 0 Å². The van der Waals surface area contributed by atoms with Crippen LogP contribution in [0.15, 0.2) is 18.2 Å². The third kappa shape index (κ3) is 3.46. The Balaban J connectivity index is 2.72. The van der Waals surface area contributed by atoms with Crippen molar-refractivity contribution >= 4 is 11.6 Å². The van der Waals surface area contributed by atoms with E-state index in [4.69, 9.17) is 11.6 Å². The summed E-state index contributed by atoms with van der Waals surface area (Å²) in [6, 6.07) is 5.61. The molecule has 0 aliphatic rings. The van der Waals surface area contributed by atoms with Crippen molar-refractivity contribution in [1.29, 1.82) is 0 Å². The monoisotopic (exact) mass is 243 g/mol. The SMILES string of the molecule is CCC(CC)NC(C)c1ccc(Cl)c(F)c1. The second kappa shape index (κ2) is 6.21. The van der Waals surface area contributed by atoms with Crippen LogP contribution in [0.25, 0.3) is 0 Å². The van der Waals surface area contributed by atoms with E-state index in [1.54, 1.807) is 6.07 Å². The quantitative estimate of drug-likeness (QED) is 0.812. The first-order chi connectivity index (χ1) is 7.58. The Kier molecular flexibility index (Phi) is 5.23. The van der Waals surface area contributed by atoms with Crippen LogP contribution in [0.3, 0.4) is 0 Å². The highest BCUT2D eigenvalue weighted by atomic mass is 35.5. The van der Waals surface area contributed by atoms with Crippen LogP contribution in [0.2, 0.25) is 5.02 Å². The molecule has 1 aromatic rings. The largest absolute Gasteiger partial charge is 0.307 e. The van der Waals surface area contributed by atoms with Gasteiger partial charge in [0, 0.05) is 12.1 Å². The summed E-state index contributed by atoms with van der Waals surface area (Å²) in [7, 11) is 0. The third-order valence-corrected chi connectivity index (χ3v) is 3.22. The van der Waals surface area contributed by atoms with Crippen molar-refractivity contribution < 1.29 is 4.39 Å².